The molecule has 4 rings (SSSR count). The van der Waals surface area contributed by atoms with Crippen LogP contribution in [0.25, 0.3) is 22.2 Å². The zero-order chi connectivity index (χ0) is 24.8. The van der Waals surface area contributed by atoms with Crippen molar-refractivity contribution in [3.05, 3.63) is 95.8 Å². The summed E-state index contributed by atoms with van der Waals surface area (Å²) >= 11 is 0. The van der Waals surface area contributed by atoms with Crippen LogP contribution < -0.4 is 15.6 Å². The Morgan fingerprint density at radius 2 is 1.63 bits per heavy atom. The number of amides is 2. The van der Waals surface area contributed by atoms with Crippen LogP contribution in [0, 0.1) is 5.82 Å². The second kappa shape index (κ2) is 10.4. The van der Waals surface area contributed by atoms with Crippen molar-refractivity contribution in [3.63, 3.8) is 0 Å². The molecule has 0 fully saturated rings. The van der Waals surface area contributed by atoms with E-state index in [4.69, 9.17) is 9.47 Å². The number of aromatic nitrogens is 1. The van der Waals surface area contributed by atoms with Gasteiger partial charge in [-0.1, -0.05) is 18.2 Å². The molecule has 0 bridgehead atoms. The van der Waals surface area contributed by atoms with Crippen LogP contribution in [0.2, 0.25) is 0 Å². The lowest BCUT2D eigenvalue weighted by atomic mass is 10.0. The molecule has 2 N–H and O–H groups in total. The molecule has 8 nitrogen and oxygen atoms in total. The van der Waals surface area contributed by atoms with Crippen LogP contribution >= 0.6 is 0 Å². The first-order valence-electron chi connectivity index (χ1n) is 10.5. The van der Waals surface area contributed by atoms with Gasteiger partial charge < -0.3 is 9.47 Å². The highest BCUT2D eigenvalue weighted by atomic mass is 19.1. The molecule has 2 amide bonds. The van der Waals surface area contributed by atoms with E-state index >= 15 is 0 Å². The summed E-state index contributed by atoms with van der Waals surface area (Å²) < 4.78 is 23.3. The number of nitrogens with zero attached hydrogens (tertiary/aromatic N) is 1. The van der Waals surface area contributed by atoms with E-state index in [-0.39, 0.29) is 11.1 Å². The van der Waals surface area contributed by atoms with E-state index in [1.807, 2.05) is 12.1 Å². The van der Waals surface area contributed by atoms with Gasteiger partial charge in [0.05, 0.1) is 23.9 Å². The van der Waals surface area contributed by atoms with Crippen molar-refractivity contribution < 1.29 is 28.2 Å². The number of pyridine rings is 1. The Morgan fingerprint density at radius 1 is 0.914 bits per heavy atom. The first-order valence-corrected chi connectivity index (χ1v) is 10.5. The van der Waals surface area contributed by atoms with Crippen LogP contribution in [0.3, 0.4) is 0 Å². The van der Waals surface area contributed by atoms with E-state index in [0.29, 0.717) is 22.3 Å². The van der Waals surface area contributed by atoms with Gasteiger partial charge in [-0.15, -0.1) is 0 Å². The minimum atomic E-state index is -0.748. The second-order valence-electron chi connectivity index (χ2n) is 7.39. The molecule has 1 aromatic heterocycles. The normalized spacial score (nSPS) is 10.5. The minimum Gasteiger partial charge on any atom is -0.497 e. The quantitative estimate of drug-likeness (QED) is 0.327. The fraction of sp³-hybridized carbons (Fsp3) is 0.0769. The number of hydrazine groups is 1. The lowest BCUT2D eigenvalue weighted by molar-refractivity contribution is -0.125. The summed E-state index contributed by atoms with van der Waals surface area (Å²) in [5.74, 6) is -1.92. The van der Waals surface area contributed by atoms with Crippen LogP contribution in [0.4, 0.5) is 4.39 Å². The predicted octanol–water partition coefficient (Wildman–Crippen LogP) is 3.67. The van der Waals surface area contributed by atoms with Crippen LogP contribution in [-0.4, -0.2) is 36.5 Å². The molecule has 0 aliphatic rings. The number of esters is 1. The van der Waals surface area contributed by atoms with Gasteiger partial charge in [0.2, 0.25) is 0 Å². The highest BCUT2D eigenvalue weighted by Gasteiger charge is 2.17. The van der Waals surface area contributed by atoms with E-state index in [9.17, 15) is 18.8 Å². The summed E-state index contributed by atoms with van der Waals surface area (Å²) in [5.41, 5.74) is 6.63. The number of ether oxygens (including phenoxy) is 2. The van der Waals surface area contributed by atoms with Gasteiger partial charge in [0.15, 0.2) is 6.61 Å². The van der Waals surface area contributed by atoms with Gasteiger partial charge in [-0.3, -0.25) is 20.4 Å². The van der Waals surface area contributed by atoms with Crippen LogP contribution in [0.1, 0.15) is 20.7 Å². The molecule has 0 radical (unpaired) electrons. The van der Waals surface area contributed by atoms with Crippen LogP contribution in [0.5, 0.6) is 5.75 Å². The third-order valence-electron chi connectivity index (χ3n) is 5.08. The average molecular weight is 473 g/mol. The van der Waals surface area contributed by atoms with Crippen molar-refractivity contribution in [2.75, 3.05) is 13.7 Å². The van der Waals surface area contributed by atoms with Crippen molar-refractivity contribution in [3.8, 4) is 17.0 Å². The third kappa shape index (κ3) is 5.59. The number of nitrogens with one attached hydrogen (secondary N) is 2. The number of para-hydroxylation sites is 1. The van der Waals surface area contributed by atoms with E-state index in [1.165, 1.54) is 12.1 Å². The third-order valence-corrected chi connectivity index (χ3v) is 5.08. The van der Waals surface area contributed by atoms with Gasteiger partial charge in [-0.2, -0.15) is 0 Å². The lowest BCUT2D eigenvalue weighted by Gasteiger charge is -2.11. The molecule has 0 unspecified atom stereocenters. The maximum absolute atomic E-state index is 13.0. The van der Waals surface area contributed by atoms with Crippen molar-refractivity contribution in [2.45, 2.75) is 0 Å². The topological polar surface area (TPSA) is 107 Å². The van der Waals surface area contributed by atoms with E-state index in [2.05, 4.69) is 15.8 Å². The molecule has 0 saturated heterocycles. The first kappa shape index (κ1) is 23.4. The van der Waals surface area contributed by atoms with Gasteiger partial charge in [-0.05, 0) is 60.7 Å². The zero-order valence-electron chi connectivity index (χ0n) is 18.6. The molecule has 176 valence electrons. The summed E-state index contributed by atoms with van der Waals surface area (Å²) in [6.07, 6.45) is 0. The molecule has 0 saturated carbocycles. The molecule has 9 heteroatoms. The summed E-state index contributed by atoms with van der Waals surface area (Å²) in [4.78, 5) is 41.6. The van der Waals surface area contributed by atoms with Crippen molar-refractivity contribution in [1.29, 1.82) is 0 Å². The van der Waals surface area contributed by atoms with Gasteiger partial charge in [-0.25, -0.2) is 14.2 Å². The molecule has 0 aliphatic heterocycles. The Labute approximate surface area is 199 Å². The molecule has 0 aliphatic carbocycles. The highest BCUT2D eigenvalue weighted by Crippen LogP contribution is 2.26. The zero-order valence-corrected chi connectivity index (χ0v) is 18.6. The van der Waals surface area contributed by atoms with E-state index in [1.54, 1.807) is 49.6 Å². The maximum atomic E-state index is 13.0. The molecule has 3 aromatic carbocycles. The number of methoxy groups -OCH3 is 1. The Hall–Kier alpha value is -4.79. The minimum absolute atomic E-state index is 0.151. The smallest absolute Gasteiger partial charge is 0.339 e. The Balaban J connectivity index is 1.45. The summed E-state index contributed by atoms with van der Waals surface area (Å²) in [6, 6.07) is 20.7. The van der Waals surface area contributed by atoms with Gasteiger partial charge in [0.25, 0.3) is 11.8 Å². The molecule has 35 heavy (non-hydrogen) atoms. The highest BCUT2D eigenvalue weighted by molar-refractivity contribution is 6.05. The molecule has 1 heterocycles. The number of rotatable bonds is 6. The number of carbonyl (C=O) groups excluding carboxylic acids is 3. The summed E-state index contributed by atoms with van der Waals surface area (Å²) in [5, 5.41) is 0.569. The molecule has 0 spiro atoms. The van der Waals surface area contributed by atoms with Gasteiger partial charge in [0, 0.05) is 16.5 Å². The Kier molecular flexibility index (Phi) is 6.96. The molecular weight excluding hydrogens is 453 g/mol. The lowest BCUT2D eigenvalue weighted by Crippen LogP contribution is -2.43. The predicted molar refractivity (Wildman–Crippen MR) is 126 cm³/mol. The first-order chi connectivity index (χ1) is 16.9. The molecule has 0 atom stereocenters. The fourth-order valence-corrected chi connectivity index (χ4v) is 3.30. The monoisotopic (exact) mass is 473 g/mol. The Morgan fingerprint density at radius 3 is 2.34 bits per heavy atom. The van der Waals surface area contributed by atoms with Crippen molar-refractivity contribution >= 4 is 28.7 Å². The molecule has 4 aromatic rings. The van der Waals surface area contributed by atoms with Gasteiger partial charge >= 0.3 is 5.97 Å². The van der Waals surface area contributed by atoms with Crippen molar-refractivity contribution in [1.82, 2.24) is 15.8 Å². The molecular formula is C26H20FN3O5. The second-order valence-corrected chi connectivity index (χ2v) is 7.39. The van der Waals surface area contributed by atoms with Gasteiger partial charge in [0.1, 0.15) is 11.6 Å². The van der Waals surface area contributed by atoms with Crippen LogP contribution in [-0.2, 0) is 9.53 Å². The maximum Gasteiger partial charge on any atom is 0.339 e. The van der Waals surface area contributed by atoms with Crippen LogP contribution in [0.15, 0.2) is 78.9 Å². The Bertz CT molecular complexity index is 1390. The number of fused-ring (bicyclic) bond motifs is 1. The average Bonchev–Trinajstić information content (AvgIpc) is 2.90. The number of hydrogen-bond acceptors (Lipinski definition) is 6. The number of carbonyl (C=O) groups is 3. The number of halogens is 1. The largest absolute Gasteiger partial charge is 0.497 e. The SMILES string of the molecule is COc1ccc(-c2cc(C(=O)OCC(=O)NNC(=O)c3ccc(F)cc3)c3ccccc3n2)cc1. The van der Waals surface area contributed by atoms with E-state index in [0.717, 1.165) is 17.7 Å². The van der Waals surface area contributed by atoms with E-state index < -0.39 is 30.2 Å². The van der Waals surface area contributed by atoms with Crippen molar-refractivity contribution in [2.24, 2.45) is 0 Å². The number of hydrogen-bond donors (Lipinski definition) is 2. The summed E-state index contributed by atoms with van der Waals surface area (Å²) in [7, 11) is 1.57. The fourth-order valence-electron chi connectivity index (χ4n) is 3.30. The summed E-state index contributed by atoms with van der Waals surface area (Å²) in [6.45, 7) is -0.628. The standard InChI is InChI=1S/C26H20FN3O5/c1-34-19-12-8-16(9-13-19)23-14-21(20-4-2-3-5-22(20)28-23)26(33)35-15-24(31)29-30-25(32)17-6-10-18(27)11-7-17/h2-14H,15H2,1H3,(H,29,31)(H,30,32). The number of benzene rings is 3.